The normalized spacial score (nSPS) is 9.97. The van der Waals surface area contributed by atoms with E-state index in [1.165, 1.54) is 7.11 Å². The summed E-state index contributed by atoms with van der Waals surface area (Å²) in [4.78, 5) is 31.0. The van der Waals surface area contributed by atoms with E-state index in [9.17, 15) is 14.9 Å². The summed E-state index contributed by atoms with van der Waals surface area (Å²) in [5.74, 6) is -0.459. The van der Waals surface area contributed by atoms with Gasteiger partial charge >= 0.3 is 5.69 Å². The van der Waals surface area contributed by atoms with Crippen LogP contribution >= 0.6 is 0 Å². The average Bonchev–Trinajstić information content (AvgIpc) is 2.76. The number of nitrogens with one attached hydrogen (secondary N) is 4. The van der Waals surface area contributed by atoms with Gasteiger partial charge in [-0.05, 0) is 24.3 Å². The van der Waals surface area contributed by atoms with Gasteiger partial charge in [-0.15, -0.1) is 0 Å². The largest absolute Gasteiger partial charge is 0.496 e. The molecule has 4 N–H and O–H groups in total. The molecule has 0 bridgehead atoms. The number of anilines is 3. The molecular weight excluding hydrogens is 378 g/mol. The molecule has 3 rings (SSSR count). The molecule has 0 saturated heterocycles. The Labute approximate surface area is 165 Å². The van der Waals surface area contributed by atoms with Crippen molar-refractivity contribution in [3.05, 3.63) is 76.6 Å². The highest BCUT2D eigenvalue weighted by atomic mass is 16.6. The zero-order valence-electron chi connectivity index (χ0n) is 15.2. The molecule has 2 aromatic carbocycles. The lowest BCUT2D eigenvalue weighted by Gasteiger charge is -2.13. The van der Waals surface area contributed by atoms with Gasteiger partial charge in [0.05, 0.1) is 23.3 Å². The van der Waals surface area contributed by atoms with Gasteiger partial charge < -0.3 is 4.74 Å². The van der Waals surface area contributed by atoms with Crippen LogP contribution in [0.5, 0.6) is 5.75 Å². The van der Waals surface area contributed by atoms with Crippen LogP contribution in [0.1, 0.15) is 10.4 Å². The Kier molecular flexibility index (Phi) is 6.00. The number of aromatic nitrogens is 2. The van der Waals surface area contributed by atoms with Crippen LogP contribution in [0.3, 0.4) is 0 Å². The minimum absolute atomic E-state index is 0.0807. The molecular formula is C18H17N7O4. The quantitative estimate of drug-likeness (QED) is 0.334. The van der Waals surface area contributed by atoms with Gasteiger partial charge in [0.15, 0.2) is 0 Å². The number of nitro groups is 1. The highest BCUT2D eigenvalue weighted by molar-refractivity contribution is 5.97. The molecule has 0 aliphatic rings. The van der Waals surface area contributed by atoms with Crippen molar-refractivity contribution in [1.29, 1.82) is 0 Å². The van der Waals surface area contributed by atoms with Crippen molar-refractivity contribution in [2.24, 2.45) is 0 Å². The molecule has 11 nitrogen and oxygen atoms in total. The number of amides is 1. The van der Waals surface area contributed by atoms with Gasteiger partial charge in [-0.2, -0.15) is 0 Å². The number of benzene rings is 2. The molecule has 0 atom stereocenters. The molecule has 29 heavy (non-hydrogen) atoms. The molecule has 1 heterocycles. The lowest BCUT2D eigenvalue weighted by Crippen LogP contribution is -2.30. The molecule has 148 valence electrons. The summed E-state index contributed by atoms with van der Waals surface area (Å²) in [5, 5.41) is 11.6. The SMILES string of the molecule is COc1ccccc1C(=O)NNc1ncnc(NNc2ccccc2)c1[N+](=O)[O-]. The van der Waals surface area contributed by atoms with Gasteiger partial charge in [-0.3, -0.25) is 36.6 Å². The molecule has 11 heteroatoms. The molecule has 0 aliphatic heterocycles. The molecule has 0 aliphatic carbocycles. The number of carbonyl (C=O) groups excluding carboxylic acids is 1. The van der Waals surface area contributed by atoms with E-state index in [4.69, 9.17) is 4.74 Å². The maximum absolute atomic E-state index is 12.4. The van der Waals surface area contributed by atoms with Crippen LogP contribution in [0.2, 0.25) is 0 Å². The van der Waals surface area contributed by atoms with E-state index in [0.717, 1.165) is 6.33 Å². The Morgan fingerprint density at radius 1 is 0.966 bits per heavy atom. The maximum atomic E-state index is 12.4. The summed E-state index contributed by atoms with van der Waals surface area (Å²) in [5.41, 5.74) is 10.8. The Hall–Kier alpha value is -4.41. The number of hydrogen-bond acceptors (Lipinski definition) is 9. The summed E-state index contributed by atoms with van der Waals surface area (Å²) in [7, 11) is 1.44. The van der Waals surface area contributed by atoms with E-state index >= 15 is 0 Å². The molecule has 0 unspecified atom stereocenters. The van der Waals surface area contributed by atoms with Crippen LogP contribution in [-0.4, -0.2) is 27.9 Å². The number of para-hydroxylation sites is 2. The minimum atomic E-state index is -0.660. The highest BCUT2D eigenvalue weighted by Crippen LogP contribution is 2.28. The summed E-state index contributed by atoms with van der Waals surface area (Å²) < 4.78 is 5.13. The third-order valence-electron chi connectivity index (χ3n) is 3.75. The maximum Gasteiger partial charge on any atom is 0.356 e. The van der Waals surface area contributed by atoms with Crippen LogP contribution in [0.15, 0.2) is 60.9 Å². The van der Waals surface area contributed by atoms with Crippen molar-refractivity contribution in [1.82, 2.24) is 15.4 Å². The Morgan fingerprint density at radius 2 is 1.62 bits per heavy atom. The van der Waals surface area contributed by atoms with Crippen LogP contribution in [-0.2, 0) is 0 Å². The number of ether oxygens (including phenoxy) is 1. The van der Waals surface area contributed by atoms with Crippen molar-refractivity contribution in [2.45, 2.75) is 0 Å². The third-order valence-corrected chi connectivity index (χ3v) is 3.75. The van der Waals surface area contributed by atoms with Gasteiger partial charge in [-0.25, -0.2) is 9.97 Å². The van der Waals surface area contributed by atoms with E-state index in [-0.39, 0.29) is 17.2 Å². The lowest BCUT2D eigenvalue weighted by molar-refractivity contribution is -0.383. The van der Waals surface area contributed by atoms with Crippen molar-refractivity contribution in [3.8, 4) is 5.75 Å². The standard InChI is InChI=1S/C18H17N7O4/c1-29-14-10-6-5-9-13(14)18(26)24-23-17-15(25(27)28)16(19-11-20-17)22-21-12-7-3-2-4-8-12/h2-11,21H,1H3,(H,24,26)(H2,19,20,22,23). The van der Waals surface area contributed by atoms with Crippen molar-refractivity contribution >= 4 is 28.9 Å². The summed E-state index contributed by atoms with van der Waals surface area (Å²) in [6.45, 7) is 0. The van der Waals surface area contributed by atoms with Crippen LogP contribution in [0.25, 0.3) is 0 Å². The van der Waals surface area contributed by atoms with Crippen molar-refractivity contribution in [2.75, 3.05) is 23.4 Å². The molecule has 3 aromatic rings. The Bertz CT molecular complexity index is 1010. The molecule has 0 spiro atoms. The van der Waals surface area contributed by atoms with E-state index in [0.29, 0.717) is 11.4 Å². The summed E-state index contributed by atoms with van der Waals surface area (Å²) in [6, 6.07) is 15.6. The van der Waals surface area contributed by atoms with Crippen molar-refractivity contribution in [3.63, 3.8) is 0 Å². The van der Waals surface area contributed by atoms with Crippen molar-refractivity contribution < 1.29 is 14.5 Å². The second kappa shape index (κ2) is 8.99. The van der Waals surface area contributed by atoms with Crippen LogP contribution in [0.4, 0.5) is 23.0 Å². The van der Waals surface area contributed by atoms with E-state index in [1.807, 2.05) is 6.07 Å². The fourth-order valence-electron chi connectivity index (χ4n) is 2.40. The molecule has 1 amide bonds. The van der Waals surface area contributed by atoms with E-state index < -0.39 is 16.5 Å². The minimum Gasteiger partial charge on any atom is -0.496 e. The molecule has 1 aromatic heterocycles. The van der Waals surface area contributed by atoms with Crippen LogP contribution < -0.4 is 26.4 Å². The predicted molar refractivity (Wildman–Crippen MR) is 106 cm³/mol. The van der Waals surface area contributed by atoms with Gasteiger partial charge in [0.1, 0.15) is 12.1 Å². The molecule has 0 fully saturated rings. The zero-order valence-corrected chi connectivity index (χ0v) is 15.2. The predicted octanol–water partition coefficient (Wildman–Crippen LogP) is 2.59. The second-order valence-electron chi connectivity index (χ2n) is 5.57. The Morgan fingerprint density at radius 3 is 2.31 bits per heavy atom. The summed E-state index contributed by atoms with van der Waals surface area (Å²) in [6.07, 6.45) is 1.12. The fourth-order valence-corrected chi connectivity index (χ4v) is 2.40. The number of methoxy groups -OCH3 is 1. The first-order valence-electron chi connectivity index (χ1n) is 8.36. The van der Waals surface area contributed by atoms with Gasteiger partial charge in [0, 0.05) is 0 Å². The van der Waals surface area contributed by atoms with Gasteiger partial charge in [0.25, 0.3) is 5.91 Å². The third kappa shape index (κ3) is 4.66. The fraction of sp³-hybridized carbons (Fsp3) is 0.0556. The monoisotopic (exact) mass is 395 g/mol. The van der Waals surface area contributed by atoms with E-state index in [1.54, 1.807) is 48.5 Å². The second-order valence-corrected chi connectivity index (χ2v) is 5.57. The lowest BCUT2D eigenvalue weighted by atomic mass is 10.2. The zero-order chi connectivity index (χ0) is 20.6. The number of nitrogens with zero attached hydrogens (tertiary/aromatic N) is 3. The number of carbonyl (C=O) groups is 1. The molecule has 0 saturated carbocycles. The van der Waals surface area contributed by atoms with Gasteiger partial charge in [0.2, 0.25) is 11.6 Å². The first-order valence-corrected chi connectivity index (χ1v) is 8.36. The van der Waals surface area contributed by atoms with Gasteiger partial charge in [-0.1, -0.05) is 30.3 Å². The smallest absolute Gasteiger partial charge is 0.356 e. The topological polar surface area (TPSA) is 143 Å². The highest BCUT2D eigenvalue weighted by Gasteiger charge is 2.24. The first kappa shape index (κ1) is 19.4. The van der Waals surface area contributed by atoms with Crippen LogP contribution in [0, 0.1) is 10.1 Å². The average molecular weight is 395 g/mol. The first-order chi connectivity index (χ1) is 14.1. The Balaban J connectivity index is 1.76. The van der Waals surface area contributed by atoms with E-state index in [2.05, 4.69) is 31.7 Å². The number of hydrogen-bond donors (Lipinski definition) is 4. The summed E-state index contributed by atoms with van der Waals surface area (Å²) >= 11 is 0. The number of rotatable bonds is 8. The number of hydrazine groups is 2. The molecule has 0 radical (unpaired) electrons.